The third-order valence-electron chi connectivity index (χ3n) is 2.19. The predicted octanol–water partition coefficient (Wildman–Crippen LogP) is 2.99. The van der Waals surface area contributed by atoms with Gasteiger partial charge in [0, 0.05) is 10.5 Å². The summed E-state index contributed by atoms with van der Waals surface area (Å²) in [6.07, 6.45) is 0. The Balaban J connectivity index is 2.35. The Morgan fingerprint density at radius 2 is 2.06 bits per heavy atom. The average Bonchev–Trinajstić information content (AvgIpc) is 2.31. The molecule has 0 amide bonds. The molecule has 2 rings (SSSR count). The lowest BCUT2D eigenvalue weighted by molar-refractivity contribution is 0.0690. The number of para-hydroxylation sites is 1. The Morgan fingerprint density at radius 1 is 1.33 bits per heavy atom. The largest absolute Gasteiger partial charge is 0.477 e. The maximum Gasteiger partial charge on any atom is 0.354 e. The van der Waals surface area contributed by atoms with Crippen molar-refractivity contribution in [3.63, 3.8) is 0 Å². The standard InChI is InChI=1S/C12H10BrN3O2/c1-7-14-10(12(17)18)6-11(15-7)16-9-5-3-2-4-8(9)13/h2-6H,1H3,(H,17,18)(H,14,15,16). The molecule has 92 valence electrons. The SMILES string of the molecule is Cc1nc(Nc2ccccc2Br)cc(C(=O)O)n1. The molecule has 2 N–H and O–H groups in total. The summed E-state index contributed by atoms with van der Waals surface area (Å²) in [6, 6.07) is 8.91. The van der Waals surface area contributed by atoms with E-state index in [9.17, 15) is 4.79 Å². The number of carboxylic acids is 1. The molecule has 0 aliphatic rings. The van der Waals surface area contributed by atoms with E-state index < -0.39 is 5.97 Å². The second-order valence-corrected chi connectivity index (χ2v) is 4.45. The van der Waals surface area contributed by atoms with Crippen LogP contribution in [0, 0.1) is 6.92 Å². The van der Waals surface area contributed by atoms with Gasteiger partial charge in [-0.3, -0.25) is 0 Å². The lowest BCUT2D eigenvalue weighted by Gasteiger charge is -2.08. The van der Waals surface area contributed by atoms with Crippen molar-refractivity contribution in [1.29, 1.82) is 0 Å². The second-order valence-electron chi connectivity index (χ2n) is 3.60. The van der Waals surface area contributed by atoms with Crippen molar-refractivity contribution < 1.29 is 9.90 Å². The van der Waals surface area contributed by atoms with Gasteiger partial charge in [-0.2, -0.15) is 0 Å². The highest BCUT2D eigenvalue weighted by molar-refractivity contribution is 9.10. The number of hydrogen-bond acceptors (Lipinski definition) is 4. The van der Waals surface area contributed by atoms with Gasteiger partial charge in [0.2, 0.25) is 0 Å². The number of carboxylic acid groups (broad SMARTS) is 1. The summed E-state index contributed by atoms with van der Waals surface area (Å²) >= 11 is 3.40. The van der Waals surface area contributed by atoms with Crippen LogP contribution in [0.3, 0.4) is 0 Å². The molecule has 0 radical (unpaired) electrons. The molecule has 1 aromatic heterocycles. The first-order valence-electron chi connectivity index (χ1n) is 5.17. The zero-order valence-electron chi connectivity index (χ0n) is 9.51. The summed E-state index contributed by atoms with van der Waals surface area (Å²) in [7, 11) is 0. The van der Waals surface area contributed by atoms with Crippen LogP contribution in [0.4, 0.5) is 11.5 Å². The Hall–Kier alpha value is -1.95. The number of halogens is 1. The summed E-state index contributed by atoms with van der Waals surface area (Å²) in [5.41, 5.74) is 0.781. The molecular weight excluding hydrogens is 298 g/mol. The summed E-state index contributed by atoms with van der Waals surface area (Å²) in [4.78, 5) is 18.9. The van der Waals surface area contributed by atoms with E-state index in [-0.39, 0.29) is 5.69 Å². The predicted molar refractivity (Wildman–Crippen MR) is 71.2 cm³/mol. The highest BCUT2D eigenvalue weighted by atomic mass is 79.9. The molecule has 0 unspecified atom stereocenters. The molecule has 0 bridgehead atoms. The van der Waals surface area contributed by atoms with Gasteiger partial charge in [0.1, 0.15) is 11.6 Å². The summed E-state index contributed by atoms with van der Waals surface area (Å²) in [5.74, 6) is -0.216. The molecule has 0 spiro atoms. The highest BCUT2D eigenvalue weighted by Crippen LogP contribution is 2.24. The first kappa shape index (κ1) is 12.5. The van der Waals surface area contributed by atoms with Gasteiger partial charge in [-0.15, -0.1) is 0 Å². The van der Waals surface area contributed by atoms with Crippen LogP contribution < -0.4 is 5.32 Å². The van der Waals surface area contributed by atoms with Crippen molar-refractivity contribution in [3.8, 4) is 0 Å². The van der Waals surface area contributed by atoms with E-state index in [0.29, 0.717) is 11.6 Å². The van der Waals surface area contributed by atoms with Crippen LogP contribution in [0.5, 0.6) is 0 Å². The van der Waals surface area contributed by atoms with E-state index in [0.717, 1.165) is 10.2 Å². The molecule has 0 saturated heterocycles. The van der Waals surface area contributed by atoms with Crippen molar-refractivity contribution in [1.82, 2.24) is 9.97 Å². The third kappa shape index (κ3) is 2.84. The average molecular weight is 308 g/mol. The number of aromatic nitrogens is 2. The Bertz CT molecular complexity index is 602. The van der Waals surface area contributed by atoms with Crippen LogP contribution in [-0.2, 0) is 0 Å². The van der Waals surface area contributed by atoms with Gasteiger partial charge < -0.3 is 10.4 Å². The minimum absolute atomic E-state index is 0.0305. The van der Waals surface area contributed by atoms with Gasteiger partial charge >= 0.3 is 5.97 Å². The molecule has 0 fully saturated rings. The van der Waals surface area contributed by atoms with Gasteiger partial charge in [-0.1, -0.05) is 12.1 Å². The maximum atomic E-state index is 10.9. The number of anilines is 2. The number of rotatable bonds is 3. The van der Waals surface area contributed by atoms with Crippen LogP contribution >= 0.6 is 15.9 Å². The first-order valence-corrected chi connectivity index (χ1v) is 5.96. The normalized spacial score (nSPS) is 10.1. The van der Waals surface area contributed by atoms with E-state index in [1.165, 1.54) is 6.07 Å². The molecule has 2 aromatic rings. The number of aryl methyl sites for hydroxylation is 1. The zero-order chi connectivity index (χ0) is 13.1. The molecule has 6 heteroatoms. The molecule has 1 aromatic carbocycles. The Morgan fingerprint density at radius 3 is 2.72 bits per heavy atom. The van der Waals surface area contributed by atoms with Crippen LogP contribution in [0.1, 0.15) is 16.3 Å². The Kier molecular flexibility index (Phi) is 3.57. The molecule has 18 heavy (non-hydrogen) atoms. The second kappa shape index (κ2) is 5.14. The van der Waals surface area contributed by atoms with Gasteiger partial charge in [0.15, 0.2) is 5.69 Å². The van der Waals surface area contributed by atoms with Crippen LogP contribution in [0.2, 0.25) is 0 Å². The quantitative estimate of drug-likeness (QED) is 0.911. The lowest BCUT2D eigenvalue weighted by Crippen LogP contribution is -2.05. The Labute approximate surface area is 112 Å². The van der Waals surface area contributed by atoms with Crippen LogP contribution in [-0.4, -0.2) is 21.0 Å². The van der Waals surface area contributed by atoms with Crippen molar-refractivity contribution in [3.05, 3.63) is 46.3 Å². The number of aromatic carboxylic acids is 1. The molecular formula is C12H10BrN3O2. The zero-order valence-corrected chi connectivity index (χ0v) is 11.1. The van der Waals surface area contributed by atoms with Crippen LogP contribution in [0.15, 0.2) is 34.8 Å². The fourth-order valence-electron chi connectivity index (χ4n) is 1.44. The maximum absolute atomic E-state index is 10.9. The highest BCUT2D eigenvalue weighted by Gasteiger charge is 2.09. The smallest absolute Gasteiger partial charge is 0.354 e. The fourth-order valence-corrected chi connectivity index (χ4v) is 1.83. The molecule has 0 atom stereocenters. The molecule has 5 nitrogen and oxygen atoms in total. The molecule has 1 heterocycles. The van der Waals surface area contributed by atoms with Gasteiger partial charge in [0.25, 0.3) is 0 Å². The van der Waals surface area contributed by atoms with Crippen molar-refractivity contribution >= 4 is 33.4 Å². The van der Waals surface area contributed by atoms with Crippen LogP contribution in [0.25, 0.3) is 0 Å². The first-order chi connectivity index (χ1) is 8.56. The van der Waals surface area contributed by atoms with E-state index in [4.69, 9.17) is 5.11 Å². The molecule has 0 aliphatic carbocycles. The van der Waals surface area contributed by atoms with Crippen molar-refractivity contribution in [2.75, 3.05) is 5.32 Å². The summed E-state index contributed by atoms with van der Waals surface area (Å²) in [6.45, 7) is 1.65. The van der Waals surface area contributed by atoms with Crippen molar-refractivity contribution in [2.45, 2.75) is 6.92 Å². The van der Waals surface area contributed by atoms with Gasteiger partial charge in [-0.05, 0) is 35.0 Å². The van der Waals surface area contributed by atoms with E-state index in [2.05, 4.69) is 31.2 Å². The van der Waals surface area contributed by atoms with Gasteiger partial charge in [-0.25, -0.2) is 14.8 Å². The number of nitrogens with zero attached hydrogens (tertiary/aromatic N) is 2. The number of hydrogen-bond donors (Lipinski definition) is 2. The topological polar surface area (TPSA) is 75.1 Å². The van der Waals surface area contributed by atoms with E-state index >= 15 is 0 Å². The van der Waals surface area contributed by atoms with E-state index in [1.54, 1.807) is 6.92 Å². The van der Waals surface area contributed by atoms with E-state index in [1.807, 2.05) is 24.3 Å². The minimum atomic E-state index is -1.07. The van der Waals surface area contributed by atoms with Crippen molar-refractivity contribution in [2.24, 2.45) is 0 Å². The number of carbonyl (C=O) groups is 1. The third-order valence-corrected chi connectivity index (χ3v) is 2.89. The number of nitrogens with one attached hydrogen (secondary N) is 1. The summed E-state index contributed by atoms with van der Waals surface area (Å²) < 4.78 is 0.873. The minimum Gasteiger partial charge on any atom is -0.477 e. The molecule has 0 aliphatic heterocycles. The van der Waals surface area contributed by atoms with Gasteiger partial charge in [0.05, 0.1) is 5.69 Å². The monoisotopic (exact) mass is 307 g/mol. The lowest BCUT2D eigenvalue weighted by atomic mass is 10.3. The number of benzene rings is 1. The summed E-state index contributed by atoms with van der Waals surface area (Å²) in [5, 5.41) is 12.0. The molecule has 0 saturated carbocycles. The fraction of sp³-hybridized carbons (Fsp3) is 0.0833.